The lowest BCUT2D eigenvalue weighted by Gasteiger charge is -2.24. The first-order valence-electron chi connectivity index (χ1n) is 12.8. The highest BCUT2D eigenvalue weighted by atomic mass is 79.9. The Morgan fingerprint density at radius 3 is 2.49 bits per heavy atom. The van der Waals surface area contributed by atoms with Gasteiger partial charge in [-0.25, -0.2) is 9.79 Å². The Morgan fingerprint density at radius 2 is 1.80 bits per heavy atom. The molecular formula is C31H25Br2ClN2O4S. The number of aryl methyl sites for hydroxylation is 1. The van der Waals surface area contributed by atoms with Gasteiger partial charge in [-0.05, 0) is 78.2 Å². The summed E-state index contributed by atoms with van der Waals surface area (Å²) in [4.78, 5) is 32.3. The molecule has 2 heterocycles. The predicted molar refractivity (Wildman–Crippen MR) is 169 cm³/mol. The normalized spacial score (nSPS) is 15.0. The van der Waals surface area contributed by atoms with Gasteiger partial charge in [-0.1, -0.05) is 80.8 Å². The van der Waals surface area contributed by atoms with E-state index in [1.165, 1.54) is 11.3 Å². The van der Waals surface area contributed by atoms with Crippen molar-refractivity contribution < 1.29 is 14.3 Å². The molecule has 0 aliphatic carbocycles. The maximum Gasteiger partial charge on any atom is 0.338 e. The minimum atomic E-state index is -0.664. The summed E-state index contributed by atoms with van der Waals surface area (Å²) in [5.41, 5.74) is 4.16. The van der Waals surface area contributed by atoms with Crippen LogP contribution in [0.15, 0.2) is 90.7 Å². The van der Waals surface area contributed by atoms with E-state index in [0.29, 0.717) is 43.5 Å². The smallest absolute Gasteiger partial charge is 0.338 e. The molecule has 1 aliphatic heterocycles. The van der Waals surface area contributed by atoms with Gasteiger partial charge in [0.15, 0.2) is 4.80 Å². The average molecular weight is 717 g/mol. The first-order chi connectivity index (χ1) is 19.7. The van der Waals surface area contributed by atoms with Gasteiger partial charge < -0.3 is 9.47 Å². The molecule has 4 aromatic rings. The molecule has 41 heavy (non-hydrogen) atoms. The van der Waals surface area contributed by atoms with Crippen LogP contribution in [0.4, 0.5) is 0 Å². The van der Waals surface area contributed by atoms with E-state index >= 15 is 0 Å². The molecule has 10 heteroatoms. The SMILES string of the molecule is CCOC(=O)C1=C(C)N=c2s/c(=C\c3cc(Br)cc(Br)c3OCc3ccc(Cl)cc3)c(=O)n2[C@H]1c1ccc(C)cc1. The largest absolute Gasteiger partial charge is 0.487 e. The summed E-state index contributed by atoms with van der Waals surface area (Å²) < 4.78 is 15.2. The topological polar surface area (TPSA) is 69.9 Å². The number of aromatic nitrogens is 1. The maximum absolute atomic E-state index is 14.0. The van der Waals surface area contributed by atoms with Gasteiger partial charge in [-0.3, -0.25) is 9.36 Å². The number of hydrogen-bond acceptors (Lipinski definition) is 6. The van der Waals surface area contributed by atoms with Crippen molar-refractivity contribution in [1.82, 2.24) is 4.57 Å². The first-order valence-corrected chi connectivity index (χ1v) is 15.6. The van der Waals surface area contributed by atoms with Crippen LogP contribution in [0.3, 0.4) is 0 Å². The van der Waals surface area contributed by atoms with Crippen molar-refractivity contribution >= 4 is 66.8 Å². The lowest BCUT2D eigenvalue weighted by Crippen LogP contribution is -2.39. The lowest BCUT2D eigenvalue weighted by atomic mass is 9.95. The Kier molecular flexibility index (Phi) is 8.99. The second-order valence-corrected chi connectivity index (χ2v) is 12.6. The number of fused-ring (bicyclic) bond motifs is 1. The molecule has 1 atom stereocenters. The van der Waals surface area contributed by atoms with Crippen molar-refractivity contribution in [2.24, 2.45) is 4.99 Å². The Morgan fingerprint density at radius 1 is 1.10 bits per heavy atom. The molecule has 0 N–H and O–H groups in total. The fraction of sp³-hybridized carbons (Fsp3) is 0.194. The monoisotopic (exact) mass is 714 g/mol. The van der Waals surface area contributed by atoms with Gasteiger partial charge >= 0.3 is 5.97 Å². The highest BCUT2D eigenvalue weighted by molar-refractivity contribution is 9.11. The van der Waals surface area contributed by atoms with Crippen molar-refractivity contribution in [3.63, 3.8) is 0 Å². The summed E-state index contributed by atoms with van der Waals surface area (Å²) in [6.07, 6.45) is 1.80. The van der Waals surface area contributed by atoms with Crippen LogP contribution in [-0.4, -0.2) is 17.1 Å². The molecule has 0 bridgehead atoms. The number of thiazole rings is 1. The van der Waals surface area contributed by atoms with Crippen LogP contribution in [0.5, 0.6) is 5.75 Å². The number of allylic oxidation sites excluding steroid dienone is 1. The number of halogens is 3. The average Bonchev–Trinajstić information content (AvgIpc) is 3.23. The molecule has 0 radical (unpaired) electrons. The molecule has 5 rings (SSSR count). The van der Waals surface area contributed by atoms with Crippen molar-refractivity contribution in [3.8, 4) is 5.75 Å². The Hall–Kier alpha value is -2.98. The van der Waals surface area contributed by atoms with Crippen LogP contribution in [-0.2, 0) is 16.1 Å². The highest BCUT2D eigenvalue weighted by Gasteiger charge is 2.33. The molecule has 1 aliphatic rings. The van der Waals surface area contributed by atoms with E-state index in [0.717, 1.165) is 25.6 Å². The predicted octanol–water partition coefficient (Wildman–Crippen LogP) is 6.86. The van der Waals surface area contributed by atoms with E-state index in [-0.39, 0.29) is 12.2 Å². The van der Waals surface area contributed by atoms with Gasteiger partial charge in [-0.15, -0.1) is 0 Å². The van der Waals surface area contributed by atoms with Gasteiger partial charge in [0, 0.05) is 15.1 Å². The van der Waals surface area contributed by atoms with Gasteiger partial charge in [0.05, 0.1) is 32.9 Å². The van der Waals surface area contributed by atoms with Gasteiger partial charge in [0.2, 0.25) is 0 Å². The lowest BCUT2D eigenvalue weighted by molar-refractivity contribution is -0.139. The molecule has 0 amide bonds. The third-order valence-corrected chi connectivity index (χ3v) is 8.81. The third kappa shape index (κ3) is 6.28. The van der Waals surface area contributed by atoms with Crippen molar-refractivity contribution in [3.05, 3.63) is 128 Å². The highest BCUT2D eigenvalue weighted by Crippen LogP contribution is 2.35. The standard InChI is InChI=1S/C31H25Br2ClN2O4S/c1-4-39-30(38)26-18(3)35-31-36(27(26)20-9-5-17(2)6-10-20)29(37)25(41-31)14-21-13-22(32)15-24(33)28(21)40-16-19-7-11-23(34)12-8-19/h5-15,27H,4,16H2,1-3H3/b25-14-/t27-/m0/s1. The van der Waals surface area contributed by atoms with Crippen LogP contribution in [0.1, 0.15) is 42.1 Å². The summed E-state index contributed by atoms with van der Waals surface area (Å²) in [7, 11) is 0. The summed E-state index contributed by atoms with van der Waals surface area (Å²) >= 11 is 14.5. The molecule has 0 saturated heterocycles. The van der Waals surface area contributed by atoms with Crippen LogP contribution >= 0.6 is 54.8 Å². The van der Waals surface area contributed by atoms with E-state index in [4.69, 9.17) is 21.1 Å². The summed E-state index contributed by atoms with van der Waals surface area (Å²) in [5, 5.41) is 0.653. The Balaban J connectivity index is 1.64. The Bertz CT molecular complexity index is 1850. The first kappa shape index (κ1) is 29.5. The maximum atomic E-state index is 14.0. The minimum Gasteiger partial charge on any atom is -0.487 e. The molecule has 0 saturated carbocycles. The molecule has 3 aromatic carbocycles. The van der Waals surface area contributed by atoms with E-state index in [1.54, 1.807) is 24.5 Å². The van der Waals surface area contributed by atoms with Gasteiger partial charge in [0.25, 0.3) is 5.56 Å². The zero-order chi connectivity index (χ0) is 29.3. The van der Waals surface area contributed by atoms with Gasteiger partial charge in [0.1, 0.15) is 12.4 Å². The van der Waals surface area contributed by atoms with Gasteiger partial charge in [-0.2, -0.15) is 0 Å². The second-order valence-electron chi connectivity index (χ2n) is 9.43. The summed E-state index contributed by atoms with van der Waals surface area (Å²) in [6, 6.07) is 18.4. The van der Waals surface area contributed by atoms with Crippen LogP contribution in [0.2, 0.25) is 5.02 Å². The number of carbonyl (C=O) groups is 1. The molecule has 0 unspecified atom stereocenters. The fourth-order valence-electron chi connectivity index (χ4n) is 4.57. The van der Waals surface area contributed by atoms with E-state index in [9.17, 15) is 9.59 Å². The molecule has 6 nitrogen and oxygen atoms in total. The number of ether oxygens (including phenoxy) is 2. The summed E-state index contributed by atoms with van der Waals surface area (Å²) in [6.45, 7) is 6.06. The van der Waals surface area contributed by atoms with Crippen molar-refractivity contribution in [1.29, 1.82) is 0 Å². The molecular weight excluding hydrogens is 692 g/mol. The van der Waals surface area contributed by atoms with Crippen molar-refractivity contribution in [2.75, 3.05) is 6.61 Å². The number of benzene rings is 3. The van der Waals surface area contributed by atoms with Crippen LogP contribution in [0.25, 0.3) is 6.08 Å². The number of esters is 1. The number of hydrogen-bond donors (Lipinski definition) is 0. The molecule has 0 fully saturated rings. The molecule has 210 valence electrons. The van der Waals surface area contributed by atoms with Crippen molar-refractivity contribution in [2.45, 2.75) is 33.4 Å². The molecule has 0 spiro atoms. The van der Waals surface area contributed by atoms with E-state index in [2.05, 4.69) is 36.9 Å². The Labute approximate surface area is 262 Å². The molecule has 1 aromatic heterocycles. The van der Waals surface area contributed by atoms with E-state index < -0.39 is 12.0 Å². The van der Waals surface area contributed by atoms with Crippen LogP contribution < -0.4 is 19.6 Å². The second kappa shape index (κ2) is 12.5. The number of nitrogens with zero attached hydrogens (tertiary/aromatic N) is 2. The minimum absolute atomic E-state index is 0.219. The zero-order valence-electron chi connectivity index (χ0n) is 22.4. The fourth-order valence-corrected chi connectivity index (χ4v) is 7.11. The van der Waals surface area contributed by atoms with E-state index in [1.807, 2.05) is 67.6 Å². The summed E-state index contributed by atoms with van der Waals surface area (Å²) in [5.74, 6) is 0.106. The zero-order valence-corrected chi connectivity index (χ0v) is 27.2. The number of rotatable bonds is 7. The quantitative estimate of drug-likeness (QED) is 0.196. The number of carbonyl (C=O) groups excluding carboxylic acids is 1. The van der Waals surface area contributed by atoms with Crippen LogP contribution in [0, 0.1) is 6.92 Å². The third-order valence-electron chi connectivity index (χ3n) is 6.53.